The first-order valence-electron chi connectivity index (χ1n) is 5.72. The highest BCUT2D eigenvalue weighted by atomic mass is 32.2. The summed E-state index contributed by atoms with van der Waals surface area (Å²) < 4.78 is 24.2. The highest BCUT2D eigenvalue weighted by Crippen LogP contribution is 2.33. The first-order chi connectivity index (χ1) is 8.06. The van der Waals surface area contributed by atoms with Crippen LogP contribution in [-0.2, 0) is 9.84 Å². The van der Waals surface area contributed by atoms with Crippen LogP contribution in [0.2, 0.25) is 0 Å². The lowest BCUT2D eigenvalue weighted by Crippen LogP contribution is -2.42. The Morgan fingerprint density at radius 1 is 1.41 bits per heavy atom. The van der Waals surface area contributed by atoms with E-state index < -0.39 is 9.84 Å². The topological polar surface area (TPSA) is 57.6 Å². The lowest BCUT2D eigenvalue weighted by Gasteiger charge is -2.35. The zero-order valence-electron chi connectivity index (χ0n) is 9.83. The molecule has 0 saturated carbocycles. The molecule has 1 unspecified atom stereocenters. The minimum absolute atomic E-state index is 0.0398. The molecule has 0 fully saturated rings. The molecule has 1 aromatic carbocycles. The molecule has 1 aliphatic rings. The van der Waals surface area contributed by atoms with E-state index in [-0.39, 0.29) is 18.4 Å². The number of hydrogen-bond donors (Lipinski definition) is 1. The molecule has 5 heteroatoms. The fraction of sp³-hybridized carbons (Fsp3) is 0.500. The Labute approximate surface area is 102 Å². The van der Waals surface area contributed by atoms with Gasteiger partial charge in [-0.15, -0.1) is 0 Å². The molecule has 4 nitrogen and oxygen atoms in total. The minimum atomic E-state index is -3.18. The number of aliphatic hydroxyl groups excluding tert-OH is 1. The average molecular weight is 255 g/mol. The quantitative estimate of drug-likeness (QED) is 0.877. The smallest absolute Gasteiger partial charge is 0.182 e. The summed E-state index contributed by atoms with van der Waals surface area (Å²) in [5, 5.41) is 8.84. The number of rotatable bonds is 3. The highest BCUT2D eigenvalue weighted by Gasteiger charge is 2.32. The van der Waals surface area contributed by atoms with Gasteiger partial charge in [-0.3, -0.25) is 0 Å². The van der Waals surface area contributed by atoms with Gasteiger partial charge < -0.3 is 10.0 Å². The fourth-order valence-electron chi connectivity index (χ4n) is 2.27. The summed E-state index contributed by atoms with van der Waals surface area (Å²) in [6.45, 7) is 0.103. The van der Waals surface area contributed by atoms with Crippen LogP contribution >= 0.6 is 0 Å². The van der Waals surface area contributed by atoms with Gasteiger partial charge in [-0.1, -0.05) is 12.1 Å². The van der Waals surface area contributed by atoms with Crippen molar-refractivity contribution in [2.24, 2.45) is 0 Å². The number of para-hydroxylation sites is 1. The largest absolute Gasteiger partial charge is 0.396 e. The van der Waals surface area contributed by atoms with Crippen molar-refractivity contribution in [1.82, 2.24) is 0 Å². The standard InChI is InChI=1S/C12H17NO3S/c1-13-10(5-4-8-14)9-17(15,16)12-7-3-2-6-11(12)13/h2-3,6-7,10,14H,4-5,8-9H2,1H3. The van der Waals surface area contributed by atoms with Gasteiger partial charge in [0.1, 0.15) is 0 Å². The number of sulfone groups is 1. The van der Waals surface area contributed by atoms with Crippen molar-refractivity contribution in [1.29, 1.82) is 0 Å². The van der Waals surface area contributed by atoms with E-state index in [4.69, 9.17) is 5.11 Å². The van der Waals surface area contributed by atoms with Gasteiger partial charge in [0.15, 0.2) is 9.84 Å². The molecular formula is C12H17NO3S. The van der Waals surface area contributed by atoms with Crippen molar-refractivity contribution in [2.75, 3.05) is 24.3 Å². The molecule has 1 atom stereocenters. The second-order valence-electron chi connectivity index (χ2n) is 4.38. The summed E-state index contributed by atoms with van der Waals surface area (Å²) in [6, 6.07) is 7.04. The monoisotopic (exact) mass is 255 g/mol. The van der Waals surface area contributed by atoms with Gasteiger partial charge in [-0.2, -0.15) is 0 Å². The molecule has 0 radical (unpaired) electrons. The molecule has 0 aliphatic carbocycles. The molecular weight excluding hydrogens is 238 g/mol. The maximum Gasteiger partial charge on any atom is 0.182 e. The zero-order valence-corrected chi connectivity index (χ0v) is 10.7. The van der Waals surface area contributed by atoms with E-state index in [0.29, 0.717) is 17.7 Å². The first-order valence-corrected chi connectivity index (χ1v) is 7.37. The van der Waals surface area contributed by atoms with E-state index in [0.717, 1.165) is 5.69 Å². The Hall–Kier alpha value is -1.07. The van der Waals surface area contributed by atoms with Gasteiger partial charge >= 0.3 is 0 Å². The summed E-state index contributed by atoms with van der Waals surface area (Å²) in [6.07, 6.45) is 1.33. The Morgan fingerprint density at radius 3 is 2.82 bits per heavy atom. The molecule has 17 heavy (non-hydrogen) atoms. The van der Waals surface area contributed by atoms with Crippen LogP contribution in [0.15, 0.2) is 29.2 Å². The third kappa shape index (κ3) is 2.30. The van der Waals surface area contributed by atoms with E-state index in [2.05, 4.69) is 0 Å². The van der Waals surface area contributed by atoms with Gasteiger partial charge in [-0.05, 0) is 25.0 Å². The molecule has 0 bridgehead atoms. The van der Waals surface area contributed by atoms with Gasteiger partial charge in [0.25, 0.3) is 0 Å². The molecule has 2 rings (SSSR count). The van der Waals surface area contributed by atoms with Crippen molar-refractivity contribution in [3.63, 3.8) is 0 Å². The van der Waals surface area contributed by atoms with Gasteiger partial charge in [0.05, 0.1) is 16.3 Å². The van der Waals surface area contributed by atoms with Crippen molar-refractivity contribution < 1.29 is 13.5 Å². The molecule has 1 aliphatic heterocycles. The van der Waals surface area contributed by atoms with Crippen LogP contribution in [0.25, 0.3) is 0 Å². The predicted molar refractivity (Wildman–Crippen MR) is 67.0 cm³/mol. The molecule has 0 saturated heterocycles. The minimum Gasteiger partial charge on any atom is -0.396 e. The lowest BCUT2D eigenvalue weighted by molar-refractivity contribution is 0.280. The molecule has 1 N–H and O–H groups in total. The van der Waals surface area contributed by atoms with Crippen LogP contribution in [-0.4, -0.2) is 39.0 Å². The van der Waals surface area contributed by atoms with Gasteiger partial charge in [-0.25, -0.2) is 8.42 Å². The van der Waals surface area contributed by atoms with Crippen LogP contribution in [0.1, 0.15) is 12.8 Å². The number of hydrogen-bond acceptors (Lipinski definition) is 4. The SMILES string of the molecule is CN1c2ccccc2S(=O)(=O)CC1CCCO. The third-order valence-electron chi connectivity index (χ3n) is 3.24. The Balaban J connectivity index is 2.37. The summed E-state index contributed by atoms with van der Waals surface area (Å²) >= 11 is 0. The molecule has 94 valence electrons. The maximum atomic E-state index is 12.1. The van der Waals surface area contributed by atoms with E-state index >= 15 is 0 Å². The number of benzene rings is 1. The highest BCUT2D eigenvalue weighted by molar-refractivity contribution is 7.91. The summed E-state index contributed by atoms with van der Waals surface area (Å²) in [5.41, 5.74) is 0.765. The van der Waals surface area contributed by atoms with E-state index in [1.807, 2.05) is 24.1 Å². The lowest BCUT2D eigenvalue weighted by atomic mass is 10.1. The summed E-state index contributed by atoms with van der Waals surface area (Å²) in [7, 11) is -1.27. The van der Waals surface area contributed by atoms with Crippen molar-refractivity contribution in [3.8, 4) is 0 Å². The van der Waals surface area contributed by atoms with Crippen molar-refractivity contribution in [3.05, 3.63) is 24.3 Å². The third-order valence-corrected chi connectivity index (χ3v) is 5.07. The number of anilines is 1. The molecule has 0 aromatic heterocycles. The van der Waals surface area contributed by atoms with Crippen LogP contribution in [0, 0.1) is 0 Å². The molecule has 0 amide bonds. The van der Waals surface area contributed by atoms with E-state index in [9.17, 15) is 8.42 Å². The maximum absolute atomic E-state index is 12.1. The number of fused-ring (bicyclic) bond motifs is 1. The number of aliphatic hydroxyl groups is 1. The number of nitrogens with zero attached hydrogens (tertiary/aromatic N) is 1. The Morgan fingerprint density at radius 2 is 2.12 bits per heavy atom. The van der Waals surface area contributed by atoms with E-state index in [1.165, 1.54) is 0 Å². The summed E-state index contributed by atoms with van der Waals surface area (Å²) in [4.78, 5) is 2.43. The molecule has 0 spiro atoms. The van der Waals surface area contributed by atoms with Crippen LogP contribution < -0.4 is 4.90 Å². The van der Waals surface area contributed by atoms with Crippen LogP contribution in [0.3, 0.4) is 0 Å². The molecule has 1 heterocycles. The van der Waals surface area contributed by atoms with Crippen molar-refractivity contribution in [2.45, 2.75) is 23.8 Å². The fourth-order valence-corrected chi connectivity index (χ4v) is 4.16. The zero-order chi connectivity index (χ0) is 12.5. The molecule has 1 aromatic rings. The second kappa shape index (κ2) is 4.66. The second-order valence-corrected chi connectivity index (χ2v) is 6.38. The van der Waals surface area contributed by atoms with Crippen LogP contribution in [0.5, 0.6) is 0 Å². The Bertz CT molecular complexity index is 498. The van der Waals surface area contributed by atoms with Crippen molar-refractivity contribution >= 4 is 15.5 Å². The summed E-state index contributed by atoms with van der Waals surface area (Å²) in [5.74, 6) is 0.139. The van der Waals surface area contributed by atoms with Crippen LogP contribution in [0.4, 0.5) is 5.69 Å². The van der Waals surface area contributed by atoms with E-state index in [1.54, 1.807) is 12.1 Å². The first kappa shape index (κ1) is 12.4. The average Bonchev–Trinajstić information content (AvgIpc) is 2.32. The Kier molecular flexibility index (Phi) is 3.40. The van der Waals surface area contributed by atoms with Gasteiger partial charge in [0.2, 0.25) is 0 Å². The predicted octanol–water partition coefficient (Wildman–Crippen LogP) is 1.05. The normalized spacial score (nSPS) is 22.2. The van der Waals surface area contributed by atoms with Gasteiger partial charge in [0, 0.05) is 19.7 Å².